The zero-order valence-corrected chi connectivity index (χ0v) is 9.73. The molecular formula is C9H17N5O2. The van der Waals surface area contributed by atoms with E-state index >= 15 is 0 Å². The average Bonchev–Trinajstić information content (AvgIpc) is 2.66. The Labute approximate surface area is 94.0 Å². The van der Waals surface area contributed by atoms with E-state index in [2.05, 4.69) is 15.5 Å². The molecule has 0 aliphatic carbocycles. The van der Waals surface area contributed by atoms with Gasteiger partial charge in [-0.15, -0.1) is 5.10 Å². The van der Waals surface area contributed by atoms with Crippen molar-refractivity contribution in [3.05, 3.63) is 5.89 Å². The summed E-state index contributed by atoms with van der Waals surface area (Å²) in [6.45, 7) is 2.21. The highest BCUT2D eigenvalue weighted by molar-refractivity contribution is 5.75. The normalized spacial score (nSPS) is 12.2. The van der Waals surface area contributed by atoms with E-state index in [1.54, 1.807) is 21.0 Å². The number of nitrogens with two attached hydrogens (primary N) is 1. The van der Waals surface area contributed by atoms with Crippen LogP contribution in [0, 0.1) is 0 Å². The fourth-order valence-corrected chi connectivity index (χ4v) is 0.990. The summed E-state index contributed by atoms with van der Waals surface area (Å²) in [4.78, 5) is 12.8. The first-order chi connectivity index (χ1) is 7.50. The maximum atomic E-state index is 11.2. The molecule has 1 amide bonds. The van der Waals surface area contributed by atoms with Crippen molar-refractivity contribution in [3.63, 3.8) is 0 Å². The minimum absolute atomic E-state index is 0.0411. The van der Waals surface area contributed by atoms with Gasteiger partial charge < -0.3 is 20.4 Å². The predicted octanol–water partition coefficient (Wildman–Crippen LogP) is -0.0205. The summed E-state index contributed by atoms with van der Waals surface area (Å²) in [5.41, 5.74) is 5.56. The highest BCUT2D eigenvalue weighted by Gasteiger charge is 2.10. The van der Waals surface area contributed by atoms with Crippen LogP contribution in [-0.4, -0.2) is 41.6 Å². The molecule has 0 saturated heterocycles. The van der Waals surface area contributed by atoms with Crippen molar-refractivity contribution in [2.45, 2.75) is 19.4 Å². The number of carbonyl (C=O) groups is 1. The molecule has 0 aliphatic rings. The van der Waals surface area contributed by atoms with E-state index in [9.17, 15) is 4.79 Å². The molecule has 0 aromatic carbocycles. The summed E-state index contributed by atoms with van der Waals surface area (Å²) >= 11 is 0. The Bertz CT molecular complexity index is 347. The Hall–Kier alpha value is -1.63. The number of nitrogens with zero attached hydrogens (tertiary/aromatic N) is 3. The molecule has 0 spiro atoms. The Kier molecular flexibility index (Phi) is 4.24. The zero-order valence-electron chi connectivity index (χ0n) is 9.73. The van der Waals surface area contributed by atoms with Gasteiger partial charge in [-0.25, -0.2) is 0 Å². The number of carbonyl (C=O) groups excluding carboxylic acids is 1. The average molecular weight is 227 g/mol. The third kappa shape index (κ3) is 3.50. The number of anilines is 1. The lowest BCUT2D eigenvalue weighted by Crippen LogP contribution is -2.23. The van der Waals surface area contributed by atoms with Crippen molar-refractivity contribution in [2.75, 3.05) is 26.0 Å². The van der Waals surface area contributed by atoms with Gasteiger partial charge in [-0.2, -0.15) is 0 Å². The summed E-state index contributed by atoms with van der Waals surface area (Å²) in [6.07, 6.45) is 0.378. The maximum Gasteiger partial charge on any atom is 0.315 e. The van der Waals surface area contributed by atoms with Crippen LogP contribution in [0.2, 0.25) is 0 Å². The molecule has 16 heavy (non-hydrogen) atoms. The number of hydrogen-bond donors (Lipinski definition) is 2. The van der Waals surface area contributed by atoms with Gasteiger partial charge in [0.1, 0.15) is 0 Å². The molecule has 0 aliphatic heterocycles. The van der Waals surface area contributed by atoms with Crippen LogP contribution in [0.25, 0.3) is 0 Å². The van der Waals surface area contributed by atoms with Crippen molar-refractivity contribution < 1.29 is 9.21 Å². The van der Waals surface area contributed by atoms with E-state index in [1.165, 1.54) is 4.90 Å². The third-order valence-electron chi connectivity index (χ3n) is 1.94. The number of aromatic nitrogens is 2. The summed E-state index contributed by atoms with van der Waals surface area (Å²) < 4.78 is 5.20. The van der Waals surface area contributed by atoms with E-state index in [-0.39, 0.29) is 11.9 Å². The minimum Gasteiger partial charge on any atom is -0.406 e. The summed E-state index contributed by atoms with van der Waals surface area (Å²) in [6, 6.07) is 0.00492. The summed E-state index contributed by atoms with van der Waals surface area (Å²) in [5.74, 6) is 0.417. The van der Waals surface area contributed by atoms with Gasteiger partial charge in [0.25, 0.3) is 0 Å². The molecule has 1 unspecified atom stereocenters. The lowest BCUT2D eigenvalue weighted by molar-refractivity contribution is -0.128. The van der Waals surface area contributed by atoms with Crippen LogP contribution in [0.4, 0.5) is 6.01 Å². The van der Waals surface area contributed by atoms with Gasteiger partial charge in [0.2, 0.25) is 11.8 Å². The number of amides is 1. The second-order valence-corrected chi connectivity index (χ2v) is 3.70. The van der Waals surface area contributed by atoms with Gasteiger partial charge in [-0.1, -0.05) is 5.10 Å². The topological polar surface area (TPSA) is 97.3 Å². The fourth-order valence-electron chi connectivity index (χ4n) is 0.990. The molecule has 0 radical (unpaired) electrons. The van der Waals surface area contributed by atoms with Crippen molar-refractivity contribution in [1.29, 1.82) is 0 Å². The third-order valence-corrected chi connectivity index (χ3v) is 1.94. The van der Waals surface area contributed by atoms with E-state index in [0.717, 1.165) is 0 Å². The first kappa shape index (κ1) is 12.4. The largest absolute Gasteiger partial charge is 0.406 e. The van der Waals surface area contributed by atoms with Crippen LogP contribution in [-0.2, 0) is 4.79 Å². The predicted molar refractivity (Wildman–Crippen MR) is 58.7 cm³/mol. The van der Waals surface area contributed by atoms with Crippen molar-refractivity contribution >= 4 is 11.9 Å². The Morgan fingerprint density at radius 1 is 1.56 bits per heavy atom. The van der Waals surface area contributed by atoms with Crippen LogP contribution in [0.1, 0.15) is 25.3 Å². The summed E-state index contributed by atoms with van der Waals surface area (Å²) in [5, 5.41) is 10.4. The number of nitrogens with one attached hydrogen (secondary N) is 1. The maximum absolute atomic E-state index is 11.2. The molecule has 0 fully saturated rings. The molecular weight excluding hydrogens is 210 g/mol. The van der Waals surface area contributed by atoms with Crippen LogP contribution >= 0.6 is 0 Å². The van der Waals surface area contributed by atoms with Crippen LogP contribution < -0.4 is 11.1 Å². The molecule has 7 heteroatoms. The van der Waals surface area contributed by atoms with Crippen LogP contribution in [0.15, 0.2) is 4.42 Å². The van der Waals surface area contributed by atoms with Crippen molar-refractivity contribution in [2.24, 2.45) is 5.73 Å². The first-order valence-corrected chi connectivity index (χ1v) is 5.03. The van der Waals surface area contributed by atoms with Gasteiger partial charge >= 0.3 is 6.01 Å². The van der Waals surface area contributed by atoms with Crippen LogP contribution in [0.5, 0.6) is 0 Å². The number of rotatable bonds is 5. The first-order valence-electron chi connectivity index (χ1n) is 5.03. The molecule has 1 rings (SSSR count). The highest BCUT2D eigenvalue weighted by Crippen LogP contribution is 2.10. The van der Waals surface area contributed by atoms with Gasteiger partial charge in [-0.3, -0.25) is 4.79 Å². The second-order valence-electron chi connectivity index (χ2n) is 3.70. The molecule has 0 bridgehead atoms. The lowest BCUT2D eigenvalue weighted by Gasteiger charge is -2.09. The monoisotopic (exact) mass is 227 g/mol. The zero-order chi connectivity index (χ0) is 12.1. The van der Waals surface area contributed by atoms with E-state index in [0.29, 0.717) is 24.9 Å². The van der Waals surface area contributed by atoms with Gasteiger partial charge in [0, 0.05) is 27.1 Å². The second kappa shape index (κ2) is 5.45. The van der Waals surface area contributed by atoms with Crippen molar-refractivity contribution in [3.8, 4) is 0 Å². The lowest BCUT2D eigenvalue weighted by atomic mass is 10.4. The Morgan fingerprint density at radius 3 is 2.75 bits per heavy atom. The standard InChI is InChI=1S/C9H17N5O2/c1-6(10)8-12-13-9(16-8)11-5-4-7(15)14(2)3/h6H,4-5,10H2,1-3H3,(H,11,13). The van der Waals surface area contributed by atoms with Gasteiger partial charge in [-0.05, 0) is 6.92 Å². The SMILES string of the molecule is CC(N)c1nnc(NCCC(=O)N(C)C)o1. The Morgan fingerprint density at radius 2 is 2.25 bits per heavy atom. The number of hydrogen-bond acceptors (Lipinski definition) is 6. The molecule has 1 aromatic rings. The molecule has 1 heterocycles. The van der Waals surface area contributed by atoms with Gasteiger partial charge in [0.05, 0.1) is 6.04 Å². The molecule has 3 N–H and O–H groups in total. The molecule has 7 nitrogen and oxygen atoms in total. The van der Waals surface area contributed by atoms with E-state index in [1.807, 2.05) is 0 Å². The molecule has 1 aromatic heterocycles. The quantitative estimate of drug-likeness (QED) is 0.733. The molecule has 0 saturated carbocycles. The minimum atomic E-state index is -0.286. The Balaban J connectivity index is 2.35. The van der Waals surface area contributed by atoms with E-state index in [4.69, 9.17) is 10.2 Å². The highest BCUT2D eigenvalue weighted by atomic mass is 16.4. The molecule has 1 atom stereocenters. The fraction of sp³-hybridized carbons (Fsp3) is 0.667. The smallest absolute Gasteiger partial charge is 0.315 e. The van der Waals surface area contributed by atoms with Crippen molar-refractivity contribution in [1.82, 2.24) is 15.1 Å². The van der Waals surface area contributed by atoms with Crippen LogP contribution in [0.3, 0.4) is 0 Å². The van der Waals surface area contributed by atoms with E-state index < -0.39 is 0 Å². The van der Waals surface area contributed by atoms with Gasteiger partial charge in [0.15, 0.2) is 0 Å². The molecule has 90 valence electrons. The summed E-state index contributed by atoms with van der Waals surface area (Å²) in [7, 11) is 3.42.